The molecule has 0 bridgehead atoms. The Kier molecular flexibility index (Phi) is 2.74. The minimum Gasteiger partial charge on any atom is -0.337 e. The SMILES string of the molecule is CC1CC(n2cc[nH]c2=S)CCN1C. The molecular formula is C10H17N3S. The Bertz CT molecular complexity index is 354. The average molecular weight is 211 g/mol. The number of piperidine rings is 1. The van der Waals surface area contributed by atoms with Crippen LogP contribution in [0.3, 0.4) is 0 Å². The molecule has 1 aliphatic heterocycles. The van der Waals surface area contributed by atoms with Crippen LogP contribution in [-0.2, 0) is 0 Å². The van der Waals surface area contributed by atoms with Crippen molar-refractivity contribution in [2.24, 2.45) is 0 Å². The van der Waals surface area contributed by atoms with Crippen LogP contribution in [0.5, 0.6) is 0 Å². The lowest BCUT2D eigenvalue weighted by Crippen LogP contribution is -2.38. The van der Waals surface area contributed by atoms with Crippen LogP contribution >= 0.6 is 12.2 Å². The van der Waals surface area contributed by atoms with E-state index in [1.165, 1.54) is 19.4 Å². The highest BCUT2D eigenvalue weighted by Crippen LogP contribution is 2.25. The standard InChI is InChI=1S/C10H17N3S/c1-8-7-9(3-5-12(8)2)13-6-4-11-10(13)14/h4,6,8-9H,3,5,7H2,1-2H3,(H,11,14). The van der Waals surface area contributed by atoms with Gasteiger partial charge in [-0.05, 0) is 39.0 Å². The molecule has 4 heteroatoms. The number of likely N-dealkylation sites (tertiary alicyclic amines) is 1. The third kappa shape index (κ3) is 1.77. The van der Waals surface area contributed by atoms with E-state index in [1.807, 2.05) is 6.20 Å². The van der Waals surface area contributed by atoms with E-state index in [9.17, 15) is 0 Å². The van der Waals surface area contributed by atoms with E-state index in [0.29, 0.717) is 12.1 Å². The van der Waals surface area contributed by atoms with Crippen LogP contribution in [0, 0.1) is 4.77 Å². The molecule has 0 saturated carbocycles. The van der Waals surface area contributed by atoms with Gasteiger partial charge >= 0.3 is 0 Å². The highest BCUT2D eigenvalue weighted by molar-refractivity contribution is 7.71. The first kappa shape index (κ1) is 9.93. The van der Waals surface area contributed by atoms with Crippen molar-refractivity contribution in [2.45, 2.75) is 31.8 Å². The highest BCUT2D eigenvalue weighted by atomic mass is 32.1. The van der Waals surface area contributed by atoms with E-state index in [4.69, 9.17) is 12.2 Å². The second kappa shape index (κ2) is 3.87. The Morgan fingerprint density at radius 2 is 2.36 bits per heavy atom. The number of imidazole rings is 1. The molecule has 1 aliphatic rings. The maximum atomic E-state index is 5.23. The third-order valence-corrected chi connectivity index (χ3v) is 3.58. The van der Waals surface area contributed by atoms with Crippen molar-refractivity contribution in [3.05, 3.63) is 17.2 Å². The summed E-state index contributed by atoms with van der Waals surface area (Å²) < 4.78 is 3.05. The third-order valence-electron chi connectivity index (χ3n) is 3.25. The van der Waals surface area contributed by atoms with Gasteiger partial charge in [0.15, 0.2) is 4.77 Å². The predicted octanol–water partition coefficient (Wildman–Crippen LogP) is 2.20. The molecule has 1 aromatic heterocycles. The summed E-state index contributed by atoms with van der Waals surface area (Å²) >= 11 is 5.23. The molecule has 1 N–H and O–H groups in total. The molecule has 78 valence electrons. The lowest BCUT2D eigenvalue weighted by Gasteiger charge is -2.35. The molecule has 0 spiro atoms. The van der Waals surface area contributed by atoms with Crippen LogP contribution in [0.2, 0.25) is 0 Å². The zero-order chi connectivity index (χ0) is 10.1. The number of hydrogen-bond acceptors (Lipinski definition) is 2. The molecule has 0 aromatic carbocycles. The quantitative estimate of drug-likeness (QED) is 0.720. The molecule has 2 rings (SSSR count). The summed E-state index contributed by atoms with van der Waals surface area (Å²) in [6, 6.07) is 1.24. The van der Waals surface area contributed by atoms with Crippen LogP contribution < -0.4 is 0 Å². The Morgan fingerprint density at radius 1 is 1.57 bits per heavy atom. The van der Waals surface area contributed by atoms with Gasteiger partial charge in [0.25, 0.3) is 0 Å². The zero-order valence-corrected chi connectivity index (χ0v) is 9.55. The van der Waals surface area contributed by atoms with Gasteiger partial charge in [-0.25, -0.2) is 0 Å². The molecule has 1 fully saturated rings. The molecule has 14 heavy (non-hydrogen) atoms. The fourth-order valence-corrected chi connectivity index (χ4v) is 2.41. The number of rotatable bonds is 1. The first-order chi connectivity index (χ1) is 6.68. The van der Waals surface area contributed by atoms with Gasteiger partial charge in [0.2, 0.25) is 0 Å². The van der Waals surface area contributed by atoms with Crippen molar-refractivity contribution < 1.29 is 0 Å². The highest BCUT2D eigenvalue weighted by Gasteiger charge is 2.23. The van der Waals surface area contributed by atoms with Gasteiger partial charge in [0.05, 0.1) is 0 Å². The number of nitrogens with zero attached hydrogens (tertiary/aromatic N) is 2. The molecule has 0 amide bonds. The summed E-state index contributed by atoms with van der Waals surface area (Å²) in [5.41, 5.74) is 0. The average Bonchev–Trinajstić information content (AvgIpc) is 2.57. The Balaban J connectivity index is 2.14. The predicted molar refractivity (Wildman–Crippen MR) is 60.0 cm³/mol. The van der Waals surface area contributed by atoms with Crippen molar-refractivity contribution in [2.75, 3.05) is 13.6 Å². The summed E-state index contributed by atoms with van der Waals surface area (Å²) in [6.45, 7) is 3.45. The van der Waals surface area contributed by atoms with Crippen LogP contribution in [0.15, 0.2) is 12.4 Å². The van der Waals surface area contributed by atoms with Crippen LogP contribution in [0.1, 0.15) is 25.8 Å². The van der Waals surface area contributed by atoms with Crippen molar-refractivity contribution in [1.82, 2.24) is 14.5 Å². The lowest BCUT2D eigenvalue weighted by atomic mass is 9.99. The van der Waals surface area contributed by atoms with Crippen LogP contribution in [0.4, 0.5) is 0 Å². The van der Waals surface area contributed by atoms with E-state index in [-0.39, 0.29) is 0 Å². The molecule has 2 unspecified atom stereocenters. The van der Waals surface area contributed by atoms with Crippen molar-refractivity contribution in [3.63, 3.8) is 0 Å². The maximum Gasteiger partial charge on any atom is 0.177 e. The summed E-state index contributed by atoms with van der Waals surface area (Å²) in [4.78, 5) is 5.47. The van der Waals surface area contributed by atoms with Gasteiger partial charge in [-0.1, -0.05) is 0 Å². The second-order valence-electron chi connectivity index (χ2n) is 4.18. The largest absolute Gasteiger partial charge is 0.337 e. The van der Waals surface area contributed by atoms with Crippen molar-refractivity contribution >= 4 is 12.2 Å². The van der Waals surface area contributed by atoms with E-state index >= 15 is 0 Å². The van der Waals surface area contributed by atoms with Gasteiger partial charge in [0, 0.05) is 31.0 Å². The van der Waals surface area contributed by atoms with Gasteiger partial charge in [-0.2, -0.15) is 0 Å². The van der Waals surface area contributed by atoms with E-state index in [1.54, 1.807) is 0 Å². The molecule has 0 radical (unpaired) electrons. The molecular weight excluding hydrogens is 194 g/mol. The fraction of sp³-hybridized carbons (Fsp3) is 0.700. The van der Waals surface area contributed by atoms with E-state index in [2.05, 4.69) is 34.6 Å². The first-order valence-corrected chi connectivity index (χ1v) is 5.55. The number of hydrogen-bond donors (Lipinski definition) is 1. The molecule has 3 nitrogen and oxygen atoms in total. The maximum absolute atomic E-state index is 5.23. The number of nitrogens with one attached hydrogen (secondary N) is 1. The minimum absolute atomic E-state index is 0.583. The van der Waals surface area contributed by atoms with Crippen molar-refractivity contribution in [1.29, 1.82) is 0 Å². The smallest absolute Gasteiger partial charge is 0.177 e. The summed E-state index contributed by atoms with van der Waals surface area (Å²) in [7, 11) is 2.19. The number of aromatic nitrogens is 2. The van der Waals surface area contributed by atoms with E-state index in [0.717, 1.165) is 4.77 Å². The minimum atomic E-state index is 0.583. The molecule has 2 atom stereocenters. The molecule has 1 aromatic rings. The van der Waals surface area contributed by atoms with Gasteiger partial charge in [-0.15, -0.1) is 0 Å². The van der Waals surface area contributed by atoms with Gasteiger partial charge in [0.1, 0.15) is 0 Å². The summed E-state index contributed by atoms with van der Waals surface area (Å²) in [5, 5.41) is 0. The first-order valence-electron chi connectivity index (χ1n) is 5.14. The normalized spacial score (nSPS) is 29.3. The van der Waals surface area contributed by atoms with Crippen molar-refractivity contribution in [3.8, 4) is 0 Å². The fourth-order valence-electron chi connectivity index (χ4n) is 2.14. The Labute approximate surface area is 89.7 Å². The summed E-state index contributed by atoms with van der Waals surface area (Å²) in [6.07, 6.45) is 6.38. The van der Waals surface area contributed by atoms with E-state index < -0.39 is 0 Å². The lowest BCUT2D eigenvalue weighted by molar-refractivity contribution is 0.156. The summed E-state index contributed by atoms with van der Waals surface area (Å²) in [5.74, 6) is 0. The molecule has 1 saturated heterocycles. The Hall–Kier alpha value is -0.610. The van der Waals surface area contributed by atoms with Gasteiger partial charge < -0.3 is 14.5 Å². The van der Waals surface area contributed by atoms with Gasteiger partial charge in [-0.3, -0.25) is 0 Å². The molecule has 0 aliphatic carbocycles. The monoisotopic (exact) mass is 211 g/mol. The topological polar surface area (TPSA) is 24.0 Å². The van der Waals surface area contributed by atoms with Crippen LogP contribution in [0.25, 0.3) is 0 Å². The molecule has 2 heterocycles. The second-order valence-corrected chi connectivity index (χ2v) is 4.57. The Morgan fingerprint density at radius 3 is 2.93 bits per heavy atom. The zero-order valence-electron chi connectivity index (χ0n) is 8.73. The van der Waals surface area contributed by atoms with Crippen LogP contribution in [-0.4, -0.2) is 34.1 Å². The number of H-pyrrole nitrogens is 1. The number of aromatic amines is 1.